The van der Waals surface area contributed by atoms with E-state index in [0.29, 0.717) is 29.8 Å². The molecular weight excluding hydrogens is 396 g/mol. The molecule has 8 heteroatoms. The fraction of sp³-hybridized carbons (Fsp3) is 0.500. The van der Waals surface area contributed by atoms with Crippen molar-refractivity contribution < 1.29 is 18.3 Å². The number of anilines is 1. The van der Waals surface area contributed by atoms with Gasteiger partial charge in [0.25, 0.3) is 10.0 Å². The van der Waals surface area contributed by atoms with Crippen LogP contribution in [0.1, 0.15) is 19.3 Å². The summed E-state index contributed by atoms with van der Waals surface area (Å²) in [4.78, 5) is 2.30. The number of phenols is 1. The normalized spacial score (nSPS) is 22.4. The van der Waals surface area contributed by atoms with Crippen molar-refractivity contribution in [1.82, 2.24) is 4.31 Å². The summed E-state index contributed by atoms with van der Waals surface area (Å²) < 4.78 is 33.6. The summed E-state index contributed by atoms with van der Waals surface area (Å²) >= 11 is 1.27. The van der Waals surface area contributed by atoms with E-state index in [9.17, 15) is 13.5 Å². The molecule has 2 fully saturated rings. The van der Waals surface area contributed by atoms with Crippen LogP contribution in [-0.4, -0.2) is 56.7 Å². The van der Waals surface area contributed by atoms with E-state index in [1.165, 1.54) is 11.3 Å². The lowest BCUT2D eigenvalue weighted by Gasteiger charge is -2.43. The van der Waals surface area contributed by atoms with E-state index in [4.69, 9.17) is 4.74 Å². The second-order valence-electron chi connectivity index (χ2n) is 7.45. The fourth-order valence-electron chi connectivity index (χ4n) is 4.14. The molecule has 152 valence electrons. The van der Waals surface area contributed by atoms with Crippen molar-refractivity contribution in [3.63, 3.8) is 0 Å². The number of aromatic hydroxyl groups is 1. The van der Waals surface area contributed by atoms with Crippen LogP contribution in [0.25, 0.3) is 0 Å². The zero-order valence-corrected chi connectivity index (χ0v) is 17.4. The predicted molar refractivity (Wildman–Crippen MR) is 110 cm³/mol. The molecule has 2 aliphatic heterocycles. The number of phenolic OH excluding ortho intramolecular Hbond substituents is 1. The molecular formula is C20H26N2O4S2. The van der Waals surface area contributed by atoms with Gasteiger partial charge in [0.2, 0.25) is 0 Å². The van der Waals surface area contributed by atoms with Crippen molar-refractivity contribution >= 4 is 27.0 Å². The van der Waals surface area contributed by atoms with E-state index in [0.717, 1.165) is 38.2 Å². The summed E-state index contributed by atoms with van der Waals surface area (Å²) in [6, 6.07) is 10.8. The first-order valence-corrected chi connectivity index (χ1v) is 12.0. The van der Waals surface area contributed by atoms with Gasteiger partial charge in [0.15, 0.2) is 0 Å². The van der Waals surface area contributed by atoms with Gasteiger partial charge in [-0.2, -0.15) is 4.31 Å². The van der Waals surface area contributed by atoms with Crippen molar-refractivity contribution in [3.8, 4) is 5.75 Å². The fourth-order valence-corrected chi connectivity index (χ4v) is 6.75. The average molecular weight is 423 g/mol. The third-order valence-corrected chi connectivity index (χ3v) is 8.90. The van der Waals surface area contributed by atoms with Gasteiger partial charge in [0.1, 0.15) is 9.96 Å². The molecule has 0 radical (unpaired) electrons. The molecule has 2 aromatic rings. The van der Waals surface area contributed by atoms with Gasteiger partial charge in [-0.15, -0.1) is 11.3 Å². The first kappa shape index (κ1) is 19.7. The van der Waals surface area contributed by atoms with Crippen molar-refractivity contribution in [2.24, 2.45) is 5.92 Å². The zero-order chi connectivity index (χ0) is 19.6. The second-order valence-corrected chi connectivity index (χ2v) is 10.6. The van der Waals surface area contributed by atoms with Crippen molar-refractivity contribution in [1.29, 1.82) is 0 Å². The molecule has 0 aliphatic carbocycles. The monoisotopic (exact) mass is 422 g/mol. The Morgan fingerprint density at radius 1 is 1.11 bits per heavy atom. The molecule has 2 aliphatic rings. The number of hydrogen-bond donors (Lipinski definition) is 1. The second kappa shape index (κ2) is 8.41. The Hall–Kier alpha value is -1.61. The topological polar surface area (TPSA) is 70.1 Å². The molecule has 4 rings (SSSR count). The number of ether oxygens (including phenoxy) is 1. The molecule has 1 aromatic heterocycles. The molecule has 0 amide bonds. The highest BCUT2D eigenvalue weighted by Crippen LogP contribution is 2.31. The first-order valence-electron chi connectivity index (χ1n) is 9.71. The highest BCUT2D eigenvalue weighted by Gasteiger charge is 2.36. The zero-order valence-electron chi connectivity index (χ0n) is 15.7. The van der Waals surface area contributed by atoms with Crippen LogP contribution in [0.15, 0.2) is 46.0 Å². The maximum absolute atomic E-state index is 13.0. The summed E-state index contributed by atoms with van der Waals surface area (Å²) in [5, 5.41) is 11.4. The Morgan fingerprint density at radius 2 is 1.86 bits per heavy atom. The van der Waals surface area contributed by atoms with Gasteiger partial charge in [-0.25, -0.2) is 8.42 Å². The highest BCUT2D eigenvalue weighted by atomic mass is 32.2. The third-order valence-electron chi connectivity index (χ3n) is 5.66. The molecule has 28 heavy (non-hydrogen) atoms. The van der Waals surface area contributed by atoms with E-state index in [-0.39, 0.29) is 11.8 Å². The Kier molecular flexibility index (Phi) is 5.91. The van der Waals surface area contributed by atoms with Gasteiger partial charge in [0.05, 0.1) is 0 Å². The van der Waals surface area contributed by atoms with Gasteiger partial charge < -0.3 is 14.7 Å². The van der Waals surface area contributed by atoms with E-state index in [2.05, 4.69) is 4.90 Å². The van der Waals surface area contributed by atoms with Crippen LogP contribution in [0, 0.1) is 5.92 Å². The number of hydrogen-bond acceptors (Lipinski definition) is 6. The predicted octanol–water partition coefficient (Wildman–Crippen LogP) is 3.15. The van der Waals surface area contributed by atoms with Crippen molar-refractivity contribution in [2.75, 3.05) is 37.7 Å². The molecule has 3 heterocycles. The van der Waals surface area contributed by atoms with Crippen molar-refractivity contribution in [3.05, 3.63) is 41.8 Å². The average Bonchev–Trinajstić information content (AvgIpc) is 3.25. The molecule has 6 nitrogen and oxygen atoms in total. The molecule has 1 N–H and O–H groups in total. The SMILES string of the molecule is O=S(=O)(c1cccs1)N1CCN(c2ccc(O)cc2)[C@@H](CC2CCOCC2)C1. The number of piperazine rings is 1. The molecule has 0 unspecified atom stereocenters. The Morgan fingerprint density at radius 3 is 2.54 bits per heavy atom. The minimum atomic E-state index is -3.44. The molecule has 0 spiro atoms. The van der Waals surface area contributed by atoms with Gasteiger partial charge in [-0.05, 0) is 60.9 Å². The highest BCUT2D eigenvalue weighted by molar-refractivity contribution is 7.91. The van der Waals surface area contributed by atoms with E-state index in [1.54, 1.807) is 34.0 Å². The van der Waals surface area contributed by atoms with Crippen LogP contribution in [0.2, 0.25) is 0 Å². The minimum Gasteiger partial charge on any atom is -0.508 e. The van der Waals surface area contributed by atoms with Crippen LogP contribution >= 0.6 is 11.3 Å². The van der Waals surface area contributed by atoms with Crippen LogP contribution in [-0.2, 0) is 14.8 Å². The number of rotatable bonds is 5. The van der Waals surface area contributed by atoms with Crippen LogP contribution in [0.4, 0.5) is 5.69 Å². The molecule has 0 saturated carbocycles. The van der Waals surface area contributed by atoms with E-state index < -0.39 is 10.0 Å². The number of sulfonamides is 1. The summed E-state index contributed by atoms with van der Waals surface area (Å²) in [6.45, 7) is 3.16. The standard InChI is InChI=1S/C20H26N2O4S2/c23-19-5-3-17(4-6-19)22-10-9-21(28(24,25)20-2-1-13-27-20)15-18(22)14-16-7-11-26-12-8-16/h1-6,13,16,18,23H,7-12,14-15H2/t18-/m0/s1. The first-order chi connectivity index (χ1) is 13.5. The Balaban J connectivity index is 1.57. The van der Waals surface area contributed by atoms with Crippen LogP contribution < -0.4 is 4.90 Å². The quantitative estimate of drug-likeness (QED) is 0.802. The minimum absolute atomic E-state index is 0.108. The molecule has 1 atom stereocenters. The summed E-state index contributed by atoms with van der Waals surface area (Å²) in [5.41, 5.74) is 1.03. The maximum atomic E-state index is 13.0. The van der Waals surface area contributed by atoms with E-state index in [1.807, 2.05) is 12.1 Å². The van der Waals surface area contributed by atoms with Crippen molar-refractivity contribution in [2.45, 2.75) is 29.5 Å². The van der Waals surface area contributed by atoms with Gasteiger partial charge in [-0.1, -0.05) is 6.07 Å². The number of thiophene rings is 1. The van der Waals surface area contributed by atoms with Gasteiger partial charge >= 0.3 is 0 Å². The summed E-state index contributed by atoms with van der Waals surface area (Å²) in [6.07, 6.45) is 3.00. The lowest BCUT2D eigenvalue weighted by molar-refractivity contribution is 0.0601. The van der Waals surface area contributed by atoms with Gasteiger partial charge in [-0.3, -0.25) is 0 Å². The third kappa shape index (κ3) is 4.20. The lowest BCUT2D eigenvalue weighted by atomic mass is 9.91. The van der Waals surface area contributed by atoms with Gasteiger partial charge in [0, 0.05) is 44.6 Å². The Bertz CT molecular complexity index is 862. The largest absolute Gasteiger partial charge is 0.508 e. The maximum Gasteiger partial charge on any atom is 0.252 e. The van der Waals surface area contributed by atoms with Crippen LogP contribution in [0.3, 0.4) is 0 Å². The molecule has 2 saturated heterocycles. The smallest absolute Gasteiger partial charge is 0.252 e. The van der Waals surface area contributed by atoms with Crippen LogP contribution in [0.5, 0.6) is 5.75 Å². The summed E-state index contributed by atoms with van der Waals surface area (Å²) in [5.74, 6) is 0.784. The lowest BCUT2D eigenvalue weighted by Crippen LogP contribution is -2.55. The Labute approximate surface area is 170 Å². The molecule has 1 aromatic carbocycles. The number of nitrogens with zero attached hydrogens (tertiary/aromatic N) is 2. The number of benzene rings is 1. The molecule has 0 bridgehead atoms. The summed E-state index contributed by atoms with van der Waals surface area (Å²) in [7, 11) is -3.44. The van der Waals surface area contributed by atoms with E-state index >= 15 is 0 Å².